The molecule has 0 aliphatic carbocycles. The molecule has 0 aliphatic rings. The molecule has 0 spiro atoms. The largest absolute Gasteiger partial charge is 0.390 e. The SMILES string of the molecule is CCN(CC)CC(O)CNC(=O)c1cnc(C#Cc2c(N)ncc3ccc(Cl)cc23)nc1. The summed E-state index contributed by atoms with van der Waals surface area (Å²) >= 11 is 6.10. The number of aliphatic hydroxyl groups excluding tert-OH is 1. The first kappa shape index (κ1) is 23.4. The van der Waals surface area contributed by atoms with E-state index >= 15 is 0 Å². The number of nitrogen functional groups attached to an aromatic ring is 1. The number of nitrogens with zero attached hydrogens (tertiary/aromatic N) is 4. The Morgan fingerprint density at radius 3 is 2.59 bits per heavy atom. The highest BCUT2D eigenvalue weighted by atomic mass is 35.5. The topological polar surface area (TPSA) is 117 Å². The third kappa shape index (κ3) is 5.92. The van der Waals surface area contributed by atoms with Crippen molar-refractivity contribution in [3.63, 3.8) is 0 Å². The van der Waals surface area contributed by atoms with Crippen LogP contribution in [-0.4, -0.2) is 63.1 Å². The number of benzene rings is 1. The fourth-order valence-electron chi connectivity index (χ4n) is 3.12. The number of hydrogen-bond donors (Lipinski definition) is 3. The van der Waals surface area contributed by atoms with Gasteiger partial charge in [0.1, 0.15) is 5.82 Å². The third-order valence-corrected chi connectivity index (χ3v) is 5.19. The van der Waals surface area contributed by atoms with Gasteiger partial charge in [0.25, 0.3) is 5.91 Å². The molecule has 0 fully saturated rings. The van der Waals surface area contributed by atoms with Crippen LogP contribution in [0.4, 0.5) is 5.82 Å². The van der Waals surface area contributed by atoms with Crippen LogP contribution in [0.3, 0.4) is 0 Å². The molecule has 0 radical (unpaired) electrons. The first-order chi connectivity index (χ1) is 15.4. The van der Waals surface area contributed by atoms with Gasteiger partial charge in [-0.05, 0) is 31.1 Å². The molecule has 2 heterocycles. The molecule has 1 atom stereocenters. The van der Waals surface area contributed by atoms with Crippen molar-refractivity contribution >= 4 is 34.1 Å². The molecule has 3 rings (SSSR count). The van der Waals surface area contributed by atoms with Crippen molar-refractivity contribution in [1.82, 2.24) is 25.2 Å². The predicted octanol–water partition coefficient (Wildman–Crippen LogP) is 2.09. The van der Waals surface area contributed by atoms with Gasteiger partial charge in [-0.3, -0.25) is 4.79 Å². The number of nitrogens with two attached hydrogens (primary N) is 1. The molecule has 1 unspecified atom stereocenters. The van der Waals surface area contributed by atoms with E-state index in [0.717, 1.165) is 23.9 Å². The Hall–Kier alpha value is -3.25. The Labute approximate surface area is 191 Å². The van der Waals surface area contributed by atoms with E-state index in [-0.39, 0.29) is 29.7 Å². The summed E-state index contributed by atoms with van der Waals surface area (Å²) in [6, 6.07) is 5.40. The van der Waals surface area contributed by atoms with Gasteiger partial charge in [0.2, 0.25) is 5.82 Å². The maximum absolute atomic E-state index is 12.3. The summed E-state index contributed by atoms with van der Waals surface area (Å²) < 4.78 is 0. The number of nitrogens with one attached hydrogen (secondary N) is 1. The number of amides is 1. The number of halogens is 1. The molecule has 1 aromatic carbocycles. The van der Waals surface area contributed by atoms with E-state index < -0.39 is 6.10 Å². The van der Waals surface area contributed by atoms with E-state index in [1.54, 1.807) is 18.3 Å². The average Bonchev–Trinajstić information content (AvgIpc) is 2.80. The van der Waals surface area contributed by atoms with Crippen LogP contribution in [0.25, 0.3) is 10.8 Å². The average molecular weight is 453 g/mol. The molecular weight excluding hydrogens is 428 g/mol. The zero-order valence-electron chi connectivity index (χ0n) is 18.0. The molecule has 32 heavy (non-hydrogen) atoms. The first-order valence-electron chi connectivity index (χ1n) is 10.3. The van der Waals surface area contributed by atoms with Crippen molar-refractivity contribution in [2.24, 2.45) is 0 Å². The molecule has 8 nitrogen and oxygen atoms in total. The first-order valence-corrected chi connectivity index (χ1v) is 10.7. The minimum atomic E-state index is -0.654. The zero-order valence-corrected chi connectivity index (χ0v) is 18.7. The second kappa shape index (κ2) is 10.9. The van der Waals surface area contributed by atoms with Gasteiger partial charge in [0.05, 0.1) is 17.2 Å². The summed E-state index contributed by atoms with van der Waals surface area (Å²) in [4.78, 5) is 26.8. The minimum Gasteiger partial charge on any atom is -0.390 e. The number of carbonyl (C=O) groups excluding carboxylic acids is 1. The van der Waals surface area contributed by atoms with Crippen molar-refractivity contribution < 1.29 is 9.90 Å². The summed E-state index contributed by atoms with van der Waals surface area (Å²) in [6.45, 7) is 6.37. The van der Waals surface area contributed by atoms with Gasteiger partial charge in [0.15, 0.2) is 0 Å². The van der Waals surface area contributed by atoms with E-state index in [1.165, 1.54) is 12.4 Å². The number of aromatic nitrogens is 3. The Morgan fingerprint density at radius 1 is 1.19 bits per heavy atom. The lowest BCUT2D eigenvalue weighted by Gasteiger charge is -2.21. The highest BCUT2D eigenvalue weighted by molar-refractivity contribution is 6.31. The minimum absolute atomic E-state index is 0.146. The number of pyridine rings is 1. The van der Waals surface area contributed by atoms with Crippen LogP contribution in [-0.2, 0) is 0 Å². The second-order valence-electron chi connectivity index (χ2n) is 7.15. The fourth-order valence-corrected chi connectivity index (χ4v) is 3.29. The van der Waals surface area contributed by atoms with Crippen molar-refractivity contribution in [2.45, 2.75) is 20.0 Å². The Bertz CT molecular complexity index is 1150. The highest BCUT2D eigenvalue weighted by Gasteiger charge is 2.12. The Kier molecular flexibility index (Phi) is 7.95. The molecule has 4 N–H and O–H groups in total. The molecule has 9 heteroatoms. The van der Waals surface area contributed by atoms with Crippen LogP contribution >= 0.6 is 11.6 Å². The molecule has 0 bridgehead atoms. The van der Waals surface area contributed by atoms with Gasteiger partial charge in [-0.25, -0.2) is 15.0 Å². The lowest BCUT2D eigenvalue weighted by atomic mass is 10.1. The van der Waals surface area contributed by atoms with E-state index in [1.807, 2.05) is 19.9 Å². The molecule has 1 amide bonds. The van der Waals surface area contributed by atoms with Crippen LogP contribution in [0.5, 0.6) is 0 Å². The predicted molar refractivity (Wildman–Crippen MR) is 125 cm³/mol. The van der Waals surface area contributed by atoms with Crippen molar-refractivity contribution in [3.05, 3.63) is 58.8 Å². The smallest absolute Gasteiger partial charge is 0.254 e. The van der Waals surface area contributed by atoms with Crippen LogP contribution in [0.1, 0.15) is 35.6 Å². The molecule has 0 saturated carbocycles. The molecule has 2 aromatic heterocycles. The fraction of sp³-hybridized carbons (Fsp3) is 0.304. The van der Waals surface area contributed by atoms with Gasteiger partial charge in [0, 0.05) is 47.5 Å². The summed E-state index contributed by atoms with van der Waals surface area (Å²) in [6.07, 6.45) is 3.79. The monoisotopic (exact) mass is 452 g/mol. The van der Waals surface area contributed by atoms with E-state index in [2.05, 4.69) is 37.0 Å². The van der Waals surface area contributed by atoms with Crippen LogP contribution in [0, 0.1) is 11.8 Å². The Morgan fingerprint density at radius 2 is 1.91 bits per heavy atom. The second-order valence-corrected chi connectivity index (χ2v) is 7.58. The van der Waals surface area contributed by atoms with Gasteiger partial charge >= 0.3 is 0 Å². The third-order valence-electron chi connectivity index (χ3n) is 4.96. The number of carbonyl (C=O) groups is 1. The maximum Gasteiger partial charge on any atom is 0.254 e. The summed E-state index contributed by atoms with van der Waals surface area (Å²) in [5.74, 6) is 5.97. The highest BCUT2D eigenvalue weighted by Crippen LogP contribution is 2.24. The summed E-state index contributed by atoms with van der Waals surface area (Å²) in [5.41, 5.74) is 6.82. The molecule has 166 valence electrons. The standard InChI is InChI=1S/C23H25ClN6O2/c1-3-30(4-2)14-18(31)13-29-23(32)16-11-26-21(27-12-16)8-7-19-20-9-17(24)6-5-15(20)10-28-22(19)25/h5-6,9-12,18,31H,3-4,13-14H2,1-2H3,(H2,25,28)(H,29,32). The number of aliphatic hydroxyl groups is 1. The van der Waals surface area contributed by atoms with Crippen LogP contribution in [0.2, 0.25) is 5.02 Å². The molecule has 3 aromatic rings. The number of hydrogen-bond acceptors (Lipinski definition) is 7. The van der Waals surface area contributed by atoms with E-state index in [9.17, 15) is 9.90 Å². The van der Waals surface area contributed by atoms with Gasteiger partial charge in [-0.2, -0.15) is 0 Å². The lowest BCUT2D eigenvalue weighted by molar-refractivity contribution is 0.0869. The normalized spacial score (nSPS) is 11.8. The number of likely N-dealkylation sites (N-methyl/N-ethyl adjacent to an activating group) is 1. The quantitative estimate of drug-likeness (QED) is 0.470. The summed E-state index contributed by atoms with van der Waals surface area (Å²) in [7, 11) is 0. The van der Waals surface area contributed by atoms with Gasteiger partial charge in [-0.15, -0.1) is 0 Å². The molecule has 0 saturated heterocycles. The van der Waals surface area contributed by atoms with E-state index in [0.29, 0.717) is 17.1 Å². The van der Waals surface area contributed by atoms with Crippen LogP contribution < -0.4 is 11.1 Å². The number of anilines is 1. The zero-order chi connectivity index (χ0) is 23.1. The molecular formula is C23H25ClN6O2. The number of fused-ring (bicyclic) bond motifs is 1. The Balaban J connectivity index is 1.68. The maximum atomic E-state index is 12.3. The lowest BCUT2D eigenvalue weighted by Crippen LogP contribution is -2.40. The summed E-state index contributed by atoms with van der Waals surface area (Å²) in [5, 5.41) is 15.0. The van der Waals surface area contributed by atoms with Crippen LogP contribution in [0.15, 0.2) is 36.8 Å². The number of rotatable bonds is 7. The van der Waals surface area contributed by atoms with Gasteiger partial charge in [-0.1, -0.05) is 37.4 Å². The van der Waals surface area contributed by atoms with Crippen molar-refractivity contribution in [2.75, 3.05) is 31.9 Å². The van der Waals surface area contributed by atoms with Crippen molar-refractivity contribution in [1.29, 1.82) is 0 Å². The van der Waals surface area contributed by atoms with E-state index in [4.69, 9.17) is 17.3 Å². The van der Waals surface area contributed by atoms with Gasteiger partial charge < -0.3 is 21.1 Å². The molecule has 0 aliphatic heterocycles. The van der Waals surface area contributed by atoms with Crippen molar-refractivity contribution in [3.8, 4) is 11.8 Å².